The average Bonchev–Trinajstić information content (AvgIpc) is 3.23. The molecule has 0 aliphatic heterocycles. The number of aryl methyl sites for hydroxylation is 1. The van der Waals surface area contributed by atoms with E-state index < -0.39 is 5.91 Å². The Morgan fingerprint density at radius 3 is 2.77 bits per heavy atom. The lowest BCUT2D eigenvalue weighted by Crippen LogP contribution is -2.32. The number of hydrogen-bond donors (Lipinski definition) is 1. The van der Waals surface area contributed by atoms with Gasteiger partial charge in [0.2, 0.25) is 11.7 Å². The number of halogens is 1. The van der Waals surface area contributed by atoms with E-state index in [1.54, 1.807) is 36.5 Å². The SMILES string of the molecule is Cc1cccc(Cn2cccc(C(=O)NCc3nc(-c4cccc(Cl)c4)no3)c2=O)c1. The second kappa shape index (κ2) is 8.97. The number of hydrogen-bond acceptors (Lipinski definition) is 5. The van der Waals surface area contributed by atoms with Gasteiger partial charge in [-0.2, -0.15) is 4.98 Å². The van der Waals surface area contributed by atoms with Crippen LogP contribution in [0.15, 0.2) is 76.2 Å². The molecule has 2 aromatic heterocycles. The first-order chi connectivity index (χ1) is 15.0. The maximum Gasteiger partial charge on any atom is 0.263 e. The number of benzene rings is 2. The number of carbonyl (C=O) groups is 1. The summed E-state index contributed by atoms with van der Waals surface area (Å²) in [7, 11) is 0. The summed E-state index contributed by atoms with van der Waals surface area (Å²) < 4.78 is 6.69. The topological polar surface area (TPSA) is 90.0 Å². The van der Waals surface area contributed by atoms with E-state index in [0.717, 1.165) is 11.1 Å². The number of nitrogens with one attached hydrogen (secondary N) is 1. The van der Waals surface area contributed by atoms with E-state index in [1.165, 1.54) is 10.6 Å². The largest absolute Gasteiger partial charge is 0.343 e. The molecule has 0 saturated carbocycles. The molecular weight excluding hydrogens is 416 g/mol. The Labute approximate surface area is 183 Å². The van der Waals surface area contributed by atoms with Crippen LogP contribution in [0.5, 0.6) is 0 Å². The Bertz CT molecular complexity index is 1300. The van der Waals surface area contributed by atoms with E-state index in [9.17, 15) is 9.59 Å². The molecule has 8 heteroatoms. The molecule has 0 radical (unpaired) electrons. The summed E-state index contributed by atoms with van der Waals surface area (Å²) in [5.74, 6) is 0.0809. The van der Waals surface area contributed by atoms with Crippen LogP contribution in [0.25, 0.3) is 11.4 Å². The van der Waals surface area contributed by atoms with Gasteiger partial charge in [-0.25, -0.2) is 0 Å². The first kappa shape index (κ1) is 20.6. The number of carbonyl (C=O) groups excluding carboxylic acids is 1. The van der Waals surface area contributed by atoms with E-state index >= 15 is 0 Å². The molecule has 4 aromatic rings. The Morgan fingerprint density at radius 2 is 1.97 bits per heavy atom. The predicted octanol–water partition coefficient (Wildman–Crippen LogP) is 3.84. The van der Waals surface area contributed by atoms with Gasteiger partial charge in [0.15, 0.2) is 0 Å². The van der Waals surface area contributed by atoms with Crippen LogP contribution in [0.2, 0.25) is 5.02 Å². The van der Waals surface area contributed by atoms with Crippen molar-refractivity contribution in [2.75, 3.05) is 0 Å². The van der Waals surface area contributed by atoms with Gasteiger partial charge in [0.05, 0.1) is 13.1 Å². The third kappa shape index (κ3) is 4.90. The zero-order chi connectivity index (χ0) is 21.8. The fourth-order valence-electron chi connectivity index (χ4n) is 3.16. The van der Waals surface area contributed by atoms with Crippen LogP contribution in [-0.2, 0) is 13.1 Å². The van der Waals surface area contributed by atoms with Crippen LogP contribution < -0.4 is 10.9 Å². The van der Waals surface area contributed by atoms with Gasteiger partial charge in [0.25, 0.3) is 11.5 Å². The molecule has 31 heavy (non-hydrogen) atoms. The molecule has 0 saturated heterocycles. The molecule has 2 heterocycles. The van der Waals surface area contributed by atoms with Crippen molar-refractivity contribution in [1.82, 2.24) is 20.0 Å². The molecule has 2 aromatic carbocycles. The molecule has 1 amide bonds. The summed E-state index contributed by atoms with van der Waals surface area (Å²) in [4.78, 5) is 29.6. The van der Waals surface area contributed by atoms with Gasteiger partial charge in [-0.3, -0.25) is 9.59 Å². The van der Waals surface area contributed by atoms with E-state index in [2.05, 4.69) is 15.5 Å². The van der Waals surface area contributed by atoms with Crippen molar-refractivity contribution in [2.45, 2.75) is 20.0 Å². The fourth-order valence-corrected chi connectivity index (χ4v) is 3.35. The highest BCUT2D eigenvalue weighted by molar-refractivity contribution is 6.30. The molecule has 0 unspecified atom stereocenters. The highest BCUT2D eigenvalue weighted by atomic mass is 35.5. The summed E-state index contributed by atoms with van der Waals surface area (Å²) in [5, 5.41) is 7.12. The molecule has 7 nitrogen and oxygen atoms in total. The monoisotopic (exact) mass is 434 g/mol. The maximum absolute atomic E-state index is 12.8. The van der Waals surface area contributed by atoms with Gasteiger partial charge in [-0.05, 0) is 36.8 Å². The second-order valence-electron chi connectivity index (χ2n) is 7.05. The summed E-state index contributed by atoms with van der Waals surface area (Å²) >= 11 is 5.98. The molecule has 0 bridgehead atoms. The van der Waals surface area contributed by atoms with E-state index in [1.807, 2.05) is 31.2 Å². The molecule has 1 N–H and O–H groups in total. The zero-order valence-corrected chi connectivity index (χ0v) is 17.5. The van der Waals surface area contributed by atoms with Crippen LogP contribution in [0.1, 0.15) is 27.4 Å². The van der Waals surface area contributed by atoms with Crippen molar-refractivity contribution in [3.63, 3.8) is 0 Å². The molecule has 156 valence electrons. The average molecular weight is 435 g/mol. The lowest BCUT2D eigenvalue weighted by atomic mass is 10.1. The molecular formula is C23H19ClN4O3. The van der Waals surface area contributed by atoms with Crippen LogP contribution >= 0.6 is 11.6 Å². The minimum atomic E-state index is -0.508. The zero-order valence-electron chi connectivity index (χ0n) is 16.7. The van der Waals surface area contributed by atoms with Crippen molar-refractivity contribution in [2.24, 2.45) is 0 Å². The highest BCUT2D eigenvalue weighted by Gasteiger charge is 2.15. The van der Waals surface area contributed by atoms with Gasteiger partial charge in [-0.15, -0.1) is 0 Å². The Kier molecular flexibility index (Phi) is 5.95. The van der Waals surface area contributed by atoms with Crippen molar-refractivity contribution in [3.05, 3.63) is 105 Å². The molecule has 0 aliphatic carbocycles. The summed E-state index contributed by atoms with van der Waals surface area (Å²) in [6.45, 7) is 2.37. The van der Waals surface area contributed by atoms with Crippen molar-refractivity contribution >= 4 is 17.5 Å². The molecule has 0 fully saturated rings. The minimum Gasteiger partial charge on any atom is -0.343 e. The van der Waals surface area contributed by atoms with Crippen molar-refractivity contribution in [3.8, 4) is 11.4 Å². The van der Waals surface area contributed by atoms with Crippen LogP contribution in [0.4, 0.5) is 0 Å². The summed E-state index contributed by atoms with van der Waals surface area (Å²) in [6.07, 6.45) is 1.66. The standard InChI is InChI=1S/C23H19ClN4O3/c1-15-5-2-6-16(11-15)14-28-10-4-9-19(23(28)30)22(29)25-13-20-26-21(27-31-20)17-7-3-8-18(24)12-17/h2-12H,13-14H2,1H3,(H,25,29). The van der Waals surface area contributed by atoms with Crippen LogP contribution in [0, 0.1) is 6.92 Å². The lowest BCUT2D eigenvalue weighted by molar-refractivity contribution is 0.0944. The number of amides is 1. The predicted molar refractivity (Wildman–Crippen MR) is 117 cm³/mol. The smallest absolute Gasteiger partial charge is 0.263 e. The second-order valence-corrected chi connectivity index (χ2v) is 7.49. The Morgan fingerprint density at radius 1 is 1.13 bits per heavy atom. The minimum absolute atomic E-state index is 0.00138. The van der Waals surface area contributed by atoms with Gasteiger partial charge in [-0.1, -0.05) is 58.7 Å². The molecule has 4 rings (SSSR count). The highest BCUT2D eigenvalue weighted by Crippen LogP contribution is 2.19. The first-order valence-electron chi connectivity index (χ1n) is 9.61. The number of rotatable bonds is 6. The maximum atomic E-state index is 12.8. The van der Waals surface area contributed by atoms with Gasteiger partial charge >= 0.3 is 0 Å². The quantitative estimate of drug-likeness (QED) is 0.498. The van der Waals surface area contributed by atoms with Crippen LogP contribution in [-0.4, -0.2) is 20.6 Å². The van der Waals surface area contributed by atoms with E-state index in [4.69, 9.17) is 16.1 Å². The molecule has 0 atom stereocenters. The number of nitrogens with zero attached hydrogens (tertiary/aromatic N) is 3. The number of aromatic nitrogens is 3. The normalized spacial score (nSPS) is 10.8. The van der Waals surface area contributed by atoms with E-state index in [-0.39, 0.29) is 23.6 Å². The Balaban J connectivity index is 1.45. The van der Waals surface area contributed by atoms with Gasteiger partial charge in [0.1, 0.15) is 5.56 Å². The summed E-state index contributed by atoms with van der Waals surface area (Å²) in [6, 6.07) is 18.1. The Hall–Kier alpha value is -3.71. The first-order valence-corrected chi connectivity index (χ1v) is 9.99. The summed E-state index contributed by atoms with van der Waals surface area (Å²) in [5.41, 5.74) is 2.47. The van der Waals surface area contributed by atoms with Crippen LogP contribution in [0.3, 0.4) is 0 Å². The van der Waals surface area contributed by atoms with Crippen molar-refractivity contribution < 1.29 is 9.32 Å². The molecule has 0 spiro atoms. The lowest BCUT2D eigenvalue weighted by Gasteiger charge is -2.09. The van der Waals surface area contributed by atoms with E-state index in [0.29, 0.717) is 23.0 Å². The fraction of sp³-hybridized carbons (Fsp3) is 0.130. The third-order valence-corrected chi connectivity index (χ3v) is 4.89. The van der Waals surface area contributed by atoms with Gasteiger partial charge in [0, 0.05) is 16.8 Å². The van der Waals surface area contributed by atoms with Crippen molar-refractivity contribution in [1.29, 1.82) is 0 Å². The molecule has 0 aliphatic rings. The van der Waals surface area contributed by atoms with Gasteiger partial charge < -0.3 is 14.4 Å². The third-order valence-electron chi connectivity index (χ3n) is 4.65. The number of pyridine rings is 1.